The van der Waals surface area contributed by atoms with Crippen LogP contribution >= 0.6 is 0 Å². The summed E-state index contributed by atoms with van der Waals surface area (Å²) < 4.78 is 37.1. The van der Waals surface area contributed by atoms with Crippen molar-refractivity contribution in [2.45, 2.75) is 31.5 Å². The van der Waals surface area contributed by atoms with E-state index in [0.29, 0.717) is 19.5 Å². The first-order chi connectivity index (χ1) is 8.47. The first-order valence-electron chi connectivity index (χ1n) is 6.30. The number of urea groups is 1. The fourth-order valence-electron chi connectivity index (χ4n) is 2.61. The molecule has 1 N–H and O–H groups in total. The van der Waals surface area contributed by atoms with Gasteiger partial charge in [0.1, 0.15) is 6.54 Å². The van der Waals surface area contributed by atoms with E-state index in [1.165, 1.54) is 0 Å². The van der Waals surface area contributed by atoms with Crippen molar-refractivity contribution in [3.63, 3.8) is 0 Å². The molecule has 0 aromatic rings. The van der Waals surface area contributed by atoms with E-state index in [9.17, 15) is 18.0 Å². The zero-order valence-electron chi connectivity index (χ0n) is 10.2. The van der Waals surface area contributed by atoms with Crippen LogP contribution in [-0.2, 0) is 0 Å². The maximum atomic E-state index is 12.4. The van der Waals surface area contributed by atoms with Crippen LogP contribution in [0.15, 0.2) is 0 Å². The molecule has 2 amide bonds. The number of amides is 2. The van der Waals surface area contributed by atoms with Gasteiger partial charge in [-0.25, -0.2) is 4.79 Å². The number of carbonyl (C=O) groups excluding carboxylic acids is 1. The molecule has 18 heavy (non-hydrogen) atoms. The molecule has 0 aliphatic carbocycles. The van der Waals surface area contributed by atoms with E-state index < -0.39 is 18.8 Å². The molecule has 2 rings (SSSR count). The molecule has 104 valence electrons. The average molecular weight is 265 g/mol. The van der Waals surface area contributed by atoms with Crippen molar-refractivity contribution in [3.8, 4) is 0 Å². The van der Waals surface area contributed by atoms with Gasteiger partial charge in [0.05, 0.1) is 0 Å². The highest BCUT2D eigenvalue weighted by atomic mass is 19.4. The van der Waals surface area contributed by atoms with Crippen LogP contribution in [0.5, 0.6) is 0 Å². The summed E-state index contributed by atoms with van der Waals surface area (Å²) in [5.74, 6) is 0. The molecule has 2 aliphatic rings. The molecule has 2 aliphatic heterocycles. The Morgan fingerprint density at radius 1 is 1.28 bits per heavy atom. The average Bonchev–Trinajstić information content (AvgIpc) is 2.31. The van der Waals surface area contributed by atoms with E-state index in [4.69, 9.17) is 0 Å². The lowest BCUT2D eigenvalue weighted by Gasteiger charge is -2.41. The van der Waals surface area contributed by atoms with Gasteiger partial charge in [0.15, 0.2) is 0 Å². The third kappa shape index (κ3) is 3.28. The van der Waals surface area contributed by atoms with Crippen LogP contribution in [0.3, 0.4) is 0 Å². The van der Waals surface area contributed by atoms with Gasteiger partial charge in [0.2, 0.25) is 0 Å². The number of alkyl halides is 3. The van der Waals surface area contributed by atoms with Gasteiger partial charge in [-0.2, -0.15) is 13.2 Å². The van der Waals surface area contributed by atoms with Crippen molar-refractivity contribution in [1.29, 1.82) is 0 Å². The third-order valence-corrected chi connectivity index (χ3v) is 3.43. The van der Waals surface area contributed by atoms with Crippen molar-refractivity contribution in [2.75, 3.05) is 32.7 Å². The van der Waals surface area contributed by atoms with Gasteiger partial charge < -0.3 is 15.1 Å². The number of piperidine rings is 1. The summed E-state index contributed by atoms with van der Waals surface area (Å²) in [6.45, 7) is 1.24. The highest BCUT2D eigenvalue weighted by Crippen LogP contribution is 2.22. The van der Waals surface area contributed by atoms with E-state index in [0.717, 1.165) is 24.3 Å². The largest absolute Gasteiger partial charge is 0.406 e. The van der Waals surface area contributed by atoms with Crippen molar-refractivity contribution in [1.82, 2.24) is 15.1 Å². The van der Waals surface area contributed by atoms with Crippen LogP contribution < -0.4 is 5.32 Å². The zero-order chi connectivity index (χ0) is 13.2. The Labute approximate surface area is 104 Å². The molecule has 0 radical (unpaired) electrons. The Balaban J connectivity index is 1.97. The minimum Gasteiger partial charge on any atom is -0.320 e. The fourth-order valence-corrected chi connectivity index (χ4v) is 2.61. The number of rotatable bonds is 2. The van der Waals surface area contributed by atoms with Crippen molar-refractivity contribution >= 4 is 6.03 Å². The van der Waals surface area contributed by atoms with E-state index in [2.05, 4.69) is 5.32 Å². The number of nitrogens with zero attached hydrogens (tertiary/aromatic N) is 2. The van der Waals surface area contributed by atoms with Gasteiger partial charge in [-0.15, -0.1) is 0 Å². The minimum atomic E-state index is -4.32. The molecule has 0 aromatic heterocycles. The van der Waals surface area contributed by atoms with Crippen LogP contribution in [0.25, 0.3) is 0 Å². The summed E-state index contributed by atoms with van der Waals surface area (Å²) in [6.07, 6.45) is -1.87. The summed E-state index contributed by atoms with van der Waals surface area (Å²) in [6, 6.07) is -0.422. The second-order valence-electron chi connectivity index (χ2n) is 4.87. The van der Waals surface area contributed by atoms with E-state index >= 15 is 0 Å². The Morgan fingerprint density at radius 3 is 2.67 bits per heavy atom. The van der Waals surface area contributed by atoms with E-state index in [1.54, 1.807) is 4.90 Å². The first-order valence-corrected chi connectivity index (χ1v) is 6.30. The smallest absolute Gasteiger partial charge is 0.320 e. The normalized spacial score (nSPS) is 26.6. The molecule has 2 fully saturated rings. The third-order valence-electron chi connectivity index (χ3n) is 3.43. The van der Waals surface area contributed by atoms with Gasteiger partial charge in [-0.05, 0) is 25.8 Å². The van der Waals surface area contributed by atoms with Gasteiger partial charge in [0, 0.05) is 25.7 Å². The van der Waals surface area contributed by atoms with Crippen LogP contribution in [0.1, 0.15) is 19.3 Å². The lowest BCUT2D eigenvalue weighted by atomic mass is 10.1. The molecule has 2 heterocycles. The summed E-state index contributed by atoms with van der Waals surface area (Å²) >= 11 is 0. The molecule has 2 saturated heterocycles. The summed E-state index contributed by atoms with van der Waals surface area (Å²) in [4.78, 5) is 14.5. The quantitative estimate of drug-likeness (QED) is 0.820. The second-order valence-corrected chi connectivity index (χ2v) is 4.87. The van der Waals surface area contributed by atoms with Gasteiger partial charge >= 0.3 is 12.2 Å². The van der Waals surface area contributed by atoms with E-state index in [-0.39, 0.29) is 12.6 Å². The maximum Gasteiger partial charge on any atom is 0.406 e. The Hall–Kier alpha value is -0.980. The number of nitrogens with one attached hydrogen (secondary N) is 1. The summed E-state index contributed by atoms with van der Waals surface area (Å²) in [5, 5.41) is 3.18. The number of carbonyl (C=O) groups is 1. The molecule has 4 nitrogen and oxygen atoms in total. The Morgan fingerprint density at radius 2 is 2.06 bits per heavy atom. The van der Waals surface area contributed by atoms with E-state index in [1.807, 2.05) is 0 Å². The van der Waals surface area contributed by atoms with Crippen molar-refractivity contribution < 1.29 is 18.0 Å². The highest BCUT2D eigenvalue weighted by Gasteiger charge is 2.38. The van der Waals surface area contributed by atoms with Gasteiger partial charge in [-0.1, -0.05) is 0 Å². The SMILES string of the molecule is O=C1N(CC(F)(F)F)CCCN1C1CCCNC1. The Kier molecular flexibility index (Phi) is 3.99. The van der Waals surface area contributed by atoms with Crippen LogP contribution in [-0.4, -0.2) is 60.8 Å². The molecule has 0 aromatic carbocycles. The first kappa shape index (κ1) is 13.5. The summed E-state index contributed by atoms with van der Waals surface area (Å²) in [7, 11) is 0. The second kappa shape index (κ2) is 5.34. The van der Waals surface area contributed by atoms with Crippen LogP contribution in [0.4, 0.5) is 18.0 Å². The monoisotopic (exact) mass is 265 g/mol. The van der Waals surface area contributed by atoms with Crippen LogP contribution in [0, 0.1) is 0 Å². The van der Waals surface area contributed by atoms with Gasteiger partial charge in [0.25, 0.3) is 0 Å². The van der Waals surface area contributed by atoms with Crippen molar-refractivity contribution in [2.24, 2.45) is 0 Å². The number of hydrogen-bond donors (Lipinski definition) is 1. The van der Waals surface area contributed by atoms with Crippen molar-refractivity contribution in [3.05, 3.63) is 0 Å². The molecule has 7 heteroatoms. The molecule has 0 spiro atoms. The zero-order valence-corrected chi connectivity index (χ0v) is 10.2. The predicted octanol–water partition coefficient (Wildman–Crippen LogP) is 1.43. The maximum absolute atomic E-state index is 12.4. The fraction of sp³-hybridized carbons (Fsp3) is 0.909. The number of hydrogen-bond acceptors (Lipinski definition) is 2. The topological polar surface area (TPSA) is 35.6 Å². The molecule has 1 unspecified atom stereocenters. The molecular formula is C11H18F3N3O. The van der Waals surface area contributed by atoms with Crippen LogP contribution in [0.2, 0.25) is 0 Å². The minimum absolute atomic E-state index is 0.0438. The lowest BCUT2D eigenvalue weighted by molar-refractivity contribution is -0.143. The molecule has 1 atom stereocenters. The molecule has 0 bridgehead atoms. The predicted molar refractivity (Wildman–Crippen MR) is 60.2 cm³/mol. The van der Waals surface area contributed by atoms with Gasteiger partial charge in [-0.3, -0.25) is 0 Å². The summed E-state index contributed by atoms with van der Waals surface area (Å²) in [5.41, 5.74) is 0. The highest BCUT2D eigenvalue weighted by molar-refractivity contribution is 5.75. The molecule has 0 saturated carbocycles. The Bertz CT molecular complexity index is 302. The molecular weight excluding hydrogens is 247 g/mol. The lowest BCUT2D eigenvalue weighted by Crippen LogP contribution is -2.58. The standard InChI is InChI=1S/C11H18F3N3O/c12-11(13,14)8-16-5-2-6-17(10(16)18)9-3-1-4-15-7-9/h9,15H,1-8H2. The number of halogens is 3.